The molecule has 0 unspecified atom stereocenters. The first kappa shape index (κ1) is 14.5. The summed E-state index contributed by atoms with van der Waals surface area (Å²) in [5.74, 6) is 1.50. The number of sulfonamides is 1. The van der Waals surface area contributed by atoms with Crippen LogP contribution in [0.5, 0.6) is 11.5 Å². The van der Waals surface area contributed by atoms with E-state index in [1.165, 1.54) is 0 Å². The minimum absolute atomic E-state index is 0.261. The lowest BCUT2D eigenvalue weighted by Crippen LogP contribution is -2.09. The first-order valence-electron chi connectivity index (χ1n) is 6.65. The zero-order valence-electron chi connectivity index (χ0n) is 11.9. The van der Waals surface area contributed by atoms with Gasteiger partial charge in [0.15, 0.2) is 11.5 Å². The minimum Gasteiger partial charge on any atom is -0.454 e. The highest BCUT2D eigenvalue weighted by Gasteiger charge is 2.12. The maximum absolute atomic E-state index is 11.1. The van der Waals surface area contributed by atoms with Crippen molar-refractivity contribution in [2.24, 2.45) is 0 Å². The Morgan fingerprint density at radius 3 is 2.32 bits per heavy atom. The van der Waals surface area contributed by atoms with Crippen LogP contribution in [0.1, 0.15) is 11.1 Å². The molecule has 1 aliphatic heterocycles. The monoisotopic (exact) mass is 317 g/mol. The highest BCUT2D eigenvalue weighted by atomic mass is 32.2. The van der Waals surface area contributed by atoms with Gasteiger partial charge < -0.3 is 9.47 Å². The highest BCUT2D eigenvalue weighted by molar-refractivity contribution is 7.92. The van der Waals surface area contributed by atoms with E-state index in [9.17, 15) is 8.42 Å². The molecule has 0 atom stereocenters. The molecule has 1 aliphatic rings. The molecule has 0 bridgehead atoms. The van der Waals surface area contributed by atoms with Gasteiger partial charge in [-0.15, -0.1) is 0 Å². The molecule has 0 saturated carbocycles. The number of hydrogen-bond acceptors (Lipinski definition) is 4. The van der Waals surface area contributed by atoms with E-state index in [1.807, 2.05) is 42.5 Å². The van der Waals surface area contributed by atoms with Gasteiger partial charge in [-0.1, -0.05) is 30.4 Å². The Hall–Kier alpha value is -2.47. The Balaban J connectivity index is 1.73. The molecule has 2 aromatic carbocycles. The number of fused-ring (bicyclic) bond motifs is 1. The van der Waals surface area contributed by atoms with Crippen molar-refractivity contribution in [3.63, 3.8) is 0 Å². The van der Waals surface area contributed by atoms with E-state index in [0.29, 0.717) is 5.69 Å². The number of rotatable bonds is 4. The summed E-state index contributed by atoms with van der Waals surface area (Å²) in [5.41, 5.74) is 2.52. The van der Waals surface area contributed by atoms with Crippen LogP contribution in [0.2, 0.25) is 0 Å². The van der Waals surface area contributed by atoms with E-state index in [-0.39, 0.29) is 6.79 Å². The molecule has 0 saturated heterocycles. The Kier molecular flexibility index (Phi) is 3.77. The lowest BCUT2D eigenvalue weighted by molar-refractivity contribution is 0.174. The van der Waals surface area contributed by atoms with Crippen molar-refractivity contribution >= 4 is 27.9 Å². The average molecular weight is 317 g/mol. The molecule has 114 valence electrons. The molecule has 0 aliphatic carbocycles. The van der Waals surface area contributed by atoms with Gasteiger partial charge in [-0.3, -0.25) is 4.72 Å². The third kappa shape index (κ3) is 3.59. The molecule has 1 heterocycles. The molecule has 6 heteroatoms. The lowest BCUT2D eigenvalue weighted by atomic mass is 10.1. The molecule has 0 amide bonds. The third-order valence-corrected chi connectivity index (χ3v) is 3.69. The standard InChI is InChI=1S/C16H15NO4S/c1-22(18,19)17-14-7-4-12(5-8-14)2-3-13-6-9-15-16(10-13)21-11-20-15/h2-10,17H,11H2,1H3/b3-2+. The largest absolute Gasteiger partial charge is 0.454 e. The quantitative estimate of drug-likeness (QED) is 0.881. The van der Waals surface area contributed by atoms with Gasteiger partial charge in [-0.25, -0.2) is 8.42 Å². The average Bonchev–Trinajstić information content (AvgIpc) is 2.92. The zero-order valence-corrected chi connectivity index (χ0v) is 12.8. The number of ether oxygens (including phenoxy) is 2. The normalized spacial score (nSPS) is 13.5. The van der Waals surface area contributed by atoms with Crippen LogP contribution in [0, 0.1) is 0 Å². The lowest BCUT2D eigenvalue weighted by Gasteiger charge is -2.03. The van der Waals surface area contributed by atoms with Crippen LogP contribution >= 0.6 is 0 Å². The number of hydrogen-bond donors (Lipinski definition) is 1. The van der Waals surface area contributed by atoms with Crippen molar-refractivity contribution in [2.45, 2.75) is 0 Å². The van der Waals surface area contributed by atoms with E-state index in [4.69, 9.17) is 9.47 Å². The van der Waals surface area contributed by atoms with Crippen LogP contribution in [0.15, 0.2) is 42.5 Å². The van der Waals surface area contributed by atoms with Crippen LogP contribution in [0.4, 0.5) is 5.69 Å². The predicted molar refractivity (Wildman–Crippen MR) is 86.4 cm³/mol. The van der Waals surface area contributed by atoms with Gasteiger partial charge in [0.1, 0.15) is 0 Å². The molecule has 22 heavy (non-hydrogen) atoms. The van der Waals surface area contributed by atoms with E-state index in [0.717, 1.165) is 28.9 Å². The van der Waals surface area contributed by atoms with Crippen LogP contribution < -0.4 is 14.2 Å². The molecular weight excluding hydrogens is 302 g/mol. The van der Waals surface area contributed by atoms with Gasteiger partial charge in [0.05, 0.1) is 6.26 Å². The fraction of sp³-hybridized carbons (Fsp3) is 0.125. The fourth-order valence-corrected chi connectivity index (χ4v) is 2.65. The second-order valence-electron chi connectivity index (χ2n) is 4.94. The molecular formula is C16H15NO4S. The molecule has 2 aromatic rings. The topological polar surface area (TPSA) is 64.6 Å². The Labute approximate surface area is 129 Å². The zero-order chi connectivity index (χ0) is 15.6. The van der Waals surface area contributed by atoms with Gasteiger partial charge in [0, 0.05) is 5.69 Å². The van der Waals surface area contributed by atoms with Gasteiger partial charge >= 0.3 is 0 Å². The molecule has 0 fully saturated rings. The molecule has 0 radical (unpaired) electrons. The summed E-state index contributed by atoms with van der Waals surface area (Å²) in [4.78, 5) is 0. The Morgan fingerprint density at radius 2 is 1.59 bits per heavy atom. The summed E-state index contributed by atoms with van der Waals surface area (Å²) in [6, 6.07) is 12.9. The first-order chi connectivity index (χ1) is 10.5. The predicted octanol–water partition coefficient (Wildman–Crippen LogP) is 2.96. The molecule has 0 aromatic heterocycles. The number of nitrogens with one attached hydrogen (secondary N) is 1. The second-order valence-corrected chi connectivity index (χ2v) is 6.69. The summed E-state index contributed by atoms with van der Waals surface area (Å²) < 4.78 is 35.3. The molecule has 0 spiro atoms. The SMILES string of the molecule is CS(=O)(=O)Nc1ccc(/C=C/c2ccc3c(c2)OCO3)cc1. The fourth-order valence-electron chi connectivity index (χ4n) is 2.09. The second kappa shape index (κ2) is 5.73. The van der Waals surface area contributed by atoms with E-state index in [1.54, 1.807) is 12.1 Å². The van der Waals surface area contributed by atoms with Crippen molar-refractivity contribution in [3.05, 3.63) is 53.6 Å². The first-order valence-corrected chi connectivity index (χ1v) is 8.54. The van der Waals surface area contributed by atoms with E-state index in [2.05, 4.69) is 4.72 Å². The van der Waals surface area contributed by atoms with Gasteiger partial charge in [0.25, 0.3) is 0 Å². The van der Waals surface area contributed by atoms with Crippen LogP contribution in [0.3, 0.4) is 0 Å². The Bertz CT molecular complexity index is 811. The summed E-state index contributed by atoms with van der Waals surface area (Å²) in [6.07, 6.45) is 5.03. The Morgan fingerprint density at radius 1 is 0.955 bits per heavy atom. The smallest absolute Gasteiger partial charge is 0.231 e. The molecule has 5 nitrogen and oxygen atoms in total. The van der Waals surface area contributed by atoms with E-state index < -0.39 is 10.0 Å². The summed E-state index contributed by atoms with van der Waals surface area (Å²) in [6.45, 7) is 0.261. The maximum Gasteiger partial charge on any atom is 0.231 e. The van der Waals surface area contributed by atoms with Crippen LogP contribution in [-0.4, -0.2) is 21.5 Å². The summed E-state index contributed by atoms with van der Waals surface area (Å²) >= 11 is 0. The van der Waals surface area contributed by atoms with Gasteiger partial charge in [-0.2, -0.15) is 0 Å². The maximum atomic E-state index is 11.1. The van der Waals surface area contributed by atoms with Gasteiger partial charge in [0.2, 0.25) is 16.8 Å². The molecule has 3 rings (SSSR count). The molecule has 1 N–H and O–H groups in total. The summed E-state index contributed by atoms with van der Waals surface area (Å²) in [7, 11) is -3.24. The van der Waals surface area contributed by atoms with Crippen molar-refractivity contribution in [3.8, 4) is 11.5 Å². The van der Waals surface area contributed by atoms with Crippen LogP contribution in [0.25, 0.3) is 12.2 Å². The third-order valence-electron chi connectivity index (χ3n) is 3.08. The summed E-state index contributed by atoms with van der Waals surface area (Å²) in [5, 5.41) is 0. The van der Waals surface area contributed by atoms with Crippen molar-refractivity contribution in [1.82, 2.24) is 0 Å². The highest BCUT2D eigenvalue weighted by Crippen LogP contribution is 2.32. The van der Waals surface area contributed by atoms with Crippen molar-refractivity contribution in [1.29, 1.82) is 0 Å². The van der Waals surface area contributed by atoms with Crippen molar-refractivity contribution < 1.29 is 17.9 Å². The van der Waals surface area contributed by atoms with Gasteiger partial charge in [-0.05, 0) is 35.4 Å². The number of anilines is 1. The minimum atomic E-state index is -3.24. The van der Waals surface area contributed by atoms with Crippen molar-refractivity contribution in [2.75, 3.05) is 17.8 Å². The number of benzene rings is 2. The van der Waals surface area contributed by atoms with E-state index >= 15 is 0 Å². The van der Waals surface area contributed by atoms with Crippen LogP contribution in [-0.2, 0) is 10.0 Å².